The molecule has 0 bridgehead atoms. The molecule has 2 atom stereocenters. The van der Waals surface area contributed by atoms with Gasteiger partial charge in [-0.1, -0.05) is 34.2 Å². The van der Waals surface area contributed by atoms with Crippen LogP contribution >= 0.6 is 27.3 Å². The predicted octanol–water partition coefficient (Wildman–Crippen LogP) is 2.51. The molecule has 68 valence electrons. The maximum atomic E-state index is 3.91. The quantitative estimate of drug-likeness (QED) is 0.834. The second-order valence-electron chi connectivity index (χ2n) is 2.81. The van der Waals surface area contributed by atoms with Crippen LogP contribution in [0.3, 0.4) is 0 Å². The van der Waals surface area contributed by atoms with Crippen molar-refractivity contribution in [1.82, 2.24) is 10.2 Å². The molecule has 2 unspecified atom stereocenters. The SMILES string of the molecule is CC(Br)CC(C)Nc1nncs1. The van der Waals surface area contributed by atoms with Crippen LogP contribution in [0.2, 0.25) is 0 Å². The summed E-state index contributed by atoms with van der Waals surface area (Å²) in [6.07, 6.45) is 1.08. The van der Waals surface area contributed by atoms with Crippen molar-refractivity contribution in [3.05, 3.63) is 5.51 Å². The Bertz CT molecular complexity index is 212. The van der Waals surface area contributed by atoms with Crippen LogP contribution in [-0.4, -0.2) is 21.1 Å². The minimum atomic E-state index is 0.437. The van der Waals surface area contributed by atoms with Crippen molar-refractivity contribution >= 4 is 32.4 Å². The lowest BCUT2D eigenvalue weighted by Gasteiger charge is -2.13. The van der Waals surface area contributed by atoms with Crippen LogP contribution in [0.25, 0.3) is 0 Å². The normalized spacial score (nSPS) is 15.6. The highest BCUT2D eigenvalue weighted by Gasteiger charge is 2.06. The van der Waals surface area contributed by atoms with Crippen molar-refractivity contribution in [2.24, 2.45) is 0 Å². The van der Waals surface area contributed by atoms with Crippen LogP contribution in [0, 0.1) is 0 Å². The van der Waals surface area contributed by atoms with E-state index in [-0.39, 0.29) is 0 Å². The first-order chi connectivity index (χ1) is 5.68. The highest BCUT2D eigenvalue weighted by Crippen LogP contribution is 2.14. The van der Waals surface area contributed by atoms with Gasteiger partial charge in [-0.05, 0) is 13.3 Å². The van der Waals surface area contributed by atoms with Gasteiger partial charge in [-0.2, -0.15) is 0 Å². The summed E-state index contributed by atoms with van der Waals surface area (Å²) in [5.74, 6) is 0. The van der Waals surface area contributed by atoms with E-state index in [4.69, 9.17) is 0 Å². The van der Waals surface area contributed by atoms with Gasteiger partial charge in [-0.25, -0.2) is 0 Å². The lowest BCUT2D eigenvalue weighted by atomic mass is 10.2. The number of rotatable bonds is 4. The molecule has 0 saturated carbocycles. The molecule has 12 heavy (non-hydrogen) atoms. The molecule has 0 saturated heterocycles. The molecule has 0 aliphatic rings. The zero-order valence-corrected chi connectivity index (χ0v) is 9.52. The van der Waals surface area contributed by atoms with Gasteiger partial charge in [0.2, 0.25) is 5.13 Å². The summed E-state index contributed by atoms with van der Waals surface area (Å²) in [5.41, 5.74) is 1.73. The van der Waals surface area contributed by atoms with Gasteiger partial charge in [-0.15, -0.1) is 10.2 Å². The molecule has 1 aromatic rings. The van der Waals surface area contributed by atoms with Gasteiger partial charge in [0.25, 0.3) is 0 Å². The van der Waals surface area contributed by atoms with Gasteiger partial charge >= 0.3 is 0 Å². The average Bonchev–Trinajstić information content (AvgIpc) is 2.37. The highest BCUT2D eigenvalue weighted by molar-refractivity contribution is 9.09. The summed E-state index contributed by atoms with van der Waals surface area (Å²) in [7, 11) is 0. The van der Waals surface area contributed by atoms with E-state index in [9.17, 15) is 0 Å². The van der Waals surface area contributed by atoms with Gasteiger partial charge < -0.3 is 5.32 Å². The summed E-state index contributed by atoms with van der Waals surface area (Å²) in [6.45, 7) is 4.28. The number of halogens is 1. The number of anilines is 1. The van der Waals surface area contributed by atoms with Crippen molar-refractivity contribution in [2.75, 3.05) is 5.32 Å². The third-order valence-corrected chi connectivity index (χ3v) is 2.40. The second kappa shape index (κ2) is 4.77. The standard InChI is InChI=1S/C7H12BrN3S/c1-5(8)3-6(2)10-7-11-9-4-12-7/h4-6H,3H2,1-2H3,(H,10,11). The zero-order valence-electron chi connectivity index (χ0n) is 7.12. The summed E-state index contributed by atoms with van der Waals surface area (Å²) >= 11 is 5.04. The predicted molar refractivity (Wildman–Crippen MR) is 56.0 cm³/mol. The van der Waals surface area contributed by atoms with Gasteiger partial charge in [0.1, 0.15) is 5.51 Å². The Morgan fingerprint density at radius 3 is 2.92 bits per heavy atom. The van der Waals surface area contributed by atoms with Gasteiger partial charge in [-0.3, -0.25) is 0 Å². The lowest BCUT2D eigenvalue weighted by molar-refractivity contribution is 0.706. The number of alkyl halides is 1. The van der Waals surface area contributed by atoms with E-state index in [1.165, 1.54) is 11.3 Å². The van der Waals surface area contributed by atoms with E-state index in [1.807, 2.05) is 0 Å². The van der Waals surface area contributed by atoms with E-state index in [1.54, 1.807) is 5.51 Å². The Labute approximate surface area is 84.7 Å². The fraction of sp³-hybridized carbons (Fsp3) is 0.714. The van der Waals surface area contributed by atoms with E-state index in [0.29, 0.717) is 10.9 Å². The Kier molecular flexibility index (Phi) is 3.94. The fourth-order valence-electron chi connectivity index (χ4n) is 0.993. The minimum Gasteiger partial charge on any atom is -0.358 e. The molecule has 0 radical (unpaired) electrons. The smallest absolute Gasteiger partial charge is 0.205 e. The maximum absolute atomic E-state index is 3.91. The van der Waals surface area contributed by atoms with Crippen molar-refractivity contribution in [2.45, 2.75) is 31.1 Å². The third kappa shape index (κ3) is 3.49. The number of nitrogens with one attached hydrogen (secondary N) is 1. The molecular formula is C7H12BrN3S. The molecule has 0 aliphatic heterocycles. The molecule has 0 aliphatic carbocycles. The molecule has 1 aromatic heterocycles. The van der Waals surface area contributed by atoms with Crippen LogP contribution < -0.4 is 5.32 Å². The maximum Gasteiger partial charge on any atom is 0.205 e. The number of hydrogen-bond donors (Lipinski definition) is 1. The Morgan fingerprint density at radius 1 is 1.67 bits per heavy atom. The molecule has 3 nitrogen and oxygen atoms in total. The number of aromatic nitrogens is 2. The summed E-state index contributed by atoms with van der Waals surface area (Å²) in [4.78, 5) is 0.535. The lowest BCUT2D eigenvalue weighted by Crippen LogP contribution is -2.18. The van der Waals surface area contributed by atoms with Crippen molar-refractivity contribution in [3.63, 3.8) is 0 Å². The van der Waals surface area contributed by atoms with E-state index in [0.717, 1.165) is 11.6 Å². The molecule has 0 spiro atoms. The molecule has 0 aromatic carbocycles. The summed E-state index contributed by atoms with van der Waals surface area (Å²) < 4.78 is 0. The summed E-state index contributed by atoms with van der Waals surface area (Å²) in [5, 5.41) is 11.8. The minimum absolute atomic E-state index is 0.437. The third-order valence-electron chi connectivity index (χ3n) is 1.41. The Hall–Kier alpha value is -0.160. The molecule has 0 amide bonds. The average molecular weight is 250 g/mol. The Morgan fingerprint density at radius 2 is 2.42 bits per heavy atom. The monoisotopic (exact) mass is 249 g/mol. The highest BCUT2D eigenvalue weighted by atomic mass is 79.9. The van der Waals surface area contributed by atoms with E-state index < -0.39 is 0 Å². The van der Waals surface area contributed by atoms with Crippen molar-refractivity contribution in [3.8, 4) is 0 Å². The number of nitrogens with zero attached hydrogens (tertiary/aromatic N) is 2. The number of hydrogen-bond acceptors (Lipinski definition) is 4. The van der Waals surface area contributed by atoms with Crippen LogP contribution in [0.4, 0.5) is 5.13 Å². The first-order valence-electron chi connectivity index (χ1n) is 3.85. The molecule has 1 N–H and O–H groups in total. The zero-order chi connectivity index (χ0) is 8.97. The molecule has 1 rings (SSSR count). The van der Waals surface area contributed by atoms with E-state index in [2.05, 4.69) is 45.3 Å². The molecule has 5 heteroatoms. The molecule has 1 heterocycles. The van der Waals surface area contributed by atoms with Gasteiger partial charge in [0.05, 0.1) is 0 Å². The largest absolute Gasteiger partial charge is 0.358 e. The summed E-state index contributed by atoms with van der Waals surface area (Å²) in [6, 6.07) is 0.437. The van der Waals surface area contributed by atoms with Crippen molar-refractivity contribution in [1.29, 1.82) is 0 Å². The first-order valence-corrected chi connectivity index (χ1v) is 5.65. The fourth-order valence-corrected chi connectivity index (χ4v) is 2.11. The van der Waals surface area contributed by atoms with Crippen LogP contribution in [0.1, 0.15) is 20.3 Å². The van der Waals surface area contributed by atoms with Crippen LogP contribution in [-0.2, 0) is 0 Å². The van der Waals surface area contributed by atoms with E-state index >= 15 is 0 Å². The van der Waals surface area contributed by atoms with Crippen molar-refractivity contribution < 1.29 is 0 Å². The van der Waals surface area contributed by atoms with Crippen LogP contribution in [0.5, 0.6) is 0 Å². The van der Waals surface area contributed by atoms with Gasteiger partial charge in [0, 0.05) is 10.9 Å². The second-order valence-corrected chi connectivity index (χ2v) is 5.20. The first kappa shape index (κ1) is 9.92. The molecule has 0 fully saturated rings. The topological polar surface area (TPSA) is 37.8 Å². The Balaban J connectivity index is 2.32. The van der Waals surface area contributed by atoms with Crippen LogP contribution in [0.15, 0.2) is 5.51 Å². The van der Waals surface area contributed by atoms with Gasteiger partial charge in [0.15, 0.2) is 0 Å². The molecular weight excluding hydrogens is 238 g/mol.